The van der Waals surface area contributed by atoms with Crippen LogP contribution in [0.5, 0.6) is 5.75 Å². The first-order valence-electron chi connectivity index (χ1n) is 7.06. The van der Waals surface area contributed by atoms with E-state index in [2.05, 4.69) is 20.3 Å². The summed E-state index contributed by atoms with van der Waals surface area (Å²) in [6, 6.07) is 7.92. The van der Waals surface area contributed by atoms with E-state index in [4.69, 9.17) is 10.00 Å². The molecular formula is C16H13N5O. The molecular weight excluding hydrogens is 278 g/mol. The minimum absolute atomic E-state index is 0.0164. The van der Waals surface area contributed by atoms with E-state index >= 15 is 0 Å². The number of ether oxygens (including phenoxy) is 1. The summed E-state index contributed by atoms with van der Waals surface area (Å²) < 4.78 is 5.68. The molecule has 1 aliphatic rings. The van der Waals surface area contributed by atoms with Crippen LogP contribution in [-0.2, 0) is 0 Å². The van der Waals surface area contributed by atoms with Crippen LogP contribution in [0.4, 0.5) is 0 Å². The van der Waals surface area contributed by atoms with Crippen LogP contribution in [0.2, 0.25) is 0 Å². The van der Waals surface area contributed by atoms with Crippen molar-refractivity contribution in [1.82, 2.24) is 20.3 Å². The summed E-state index contributed by atoms with van der Waals surface area (Å²) in [5, 5.41) is 12.7. The number of nitriles is 1. The molecule has 0 saturated heterocycles. The van der Waals surface area contributed by atoms with Gasteiger partial charge in [0.2, 0.25) is 0 Å². The molecule has 0 aliphatic carbocycles. The van der Waals surface area contributed by atoms with Gasteiger partial charge in [0.15, 0.2) is 6.19 Å². The van der Waals surface area contributed by atoms with Crippen molar-refractivity contribution >= 4 is 11.0 Å². The van der Waals surface area contributed by atoms with Gasteiger partial charge in [0.05, 0.1) is 18.3 Å². The third kappa shape index (κ3) is 1.95. The Bertz CT molecular complexity index is 880. The summed E-state index contributed by atoms with van der Waals surface area (Å²) in [7, 11) is 0. The van der Waals surface area contributed by atoms with Crippen molar-refractivity contribution in [3.63, 3.8) is 0 Å². The summed E-state index contributed by atoms with van der Waals surface area (Å²) in [5.41, 5.74) is 3.66. The molecule has 22 heavy (non-hydrogen) atoms. The quantitative estimate of drug-likeness (QED) is 0.559. The fourth-order valence-electron chi connectivity index (χ4n) is 2.87. The van der Waals surface area contributed by atoms with Crippen LogP contribution < -0.4 is 10.1 Å². The van der Waals surface area contributed by atoms with Crippen LogP contribution >= 0.6 is 0 Å². The Morgan fingerprint density at radius 2 is 2.27 bits per heavy atom. The molecule has 1 aliphatic heterocycles. The molecule has 0 bridgehead atoms. The number of aromatic nitrogens is 3. The van der Waals surface area contributed by atoms with Gasteiger partial charge in [-0.05, 0) is 24.3 Å². The van der Waals surface area contributed by atoms with Gasteiger partial charge in [-0.25, -0.2) is 9.97 Å². The second-order valence-electron chi connectivity index (χ2n) is 5.16. The fraction of sp³-hybridized carbons (Fsp3) is 0.188. The molecule has 6 nitrogen and oxygen atoms in total. The maximum atomic E-state index is 8.92. The van der Waals surface area contributed by atoms with Gasteiger partial charge in [0.1, 0.15) is 17.7 Å². The summed E-state index contributed by atoms with van der Waals surface area (Å²) in [6.45, 7) is 0.612. The summed E-state index contributed by atoms with van der Waals surface area (Å²) >= 11 is 0. The lowest BCUT2D eigenvalue weighted by Gasteiger charge is -2.25. The van der Waals surface area contributed by atoms with E-state index in [1.54, 1.807) is 6.33 Å². The van der Waals surface area contributed by atoms with E-state index in [0.29, 0.717) is 6.61 Å². The summed E-state index contributed by atoms with van der Waals surface area (Å²) in [6.07, 6.45) is 6.20. The molecule has 4 rings (SSSR count). The molecule has 0 radical (unpaired) electrons. The van der Waals surface area contributed by atoms with Gasteiger partial charge in [0, 0.05) is 29.1 Å². The van der Waals surface area contributed by atoms with E-state index < -0.39 is 0 Å². The number of hydrogen-bond acceptors (Lipinski definition) is 5. The molecule has 3 aromatic rings. The Kier molecular flexibility index (Phi) is 2.90. The first-order chi connectivity index (χ1) is 10.9. The molecule has 1 aromatic carbocycles. The van der Waals surface area contributed by atoms with Crippen molar-refractivity contribution < 1.29 is 4.74 Å². The topological polar surface area (TPSA) is 86.6 Å². The monoisotopic (exact) mass is 291 g/mol. The predicted octanol–water partition coefficient (Wildman–Crippen LogP) is 2.52. The zero-order valence-electron chi connectivity index (χ0n) is 11.7. The molecule has 0 saturated carbocycles. The number of rotatable bonds is 2. The average Bonchev–Trinajstić information content (AvgIpc) is 3.04. The van der Waals surface area contributed by atoms with Gasteiger partial charge in [-0.15, -0.1) is 0 Å². The molecule has 6 heteroatoms. The van der Waals surface area contributed by atoms with Crippen molar-refractivity contribution in [2.45, 2.75) is 12.5 Å². The van der Waals surface area contributed by atoms with Crippen LogP contribution in [0.3, 0.4) is 0 Å². The van der Waals surface area contributed by atoms with Crippen LogP contribution in [0.1, 0.15) is 18.0 Å². The number of nitrogens with one attached hydrogen (secondary N) is 2. The Labute approximate surface area is 126 Å². The lowest BCUT2D eigenvalue weighted by molar-refractivity contribution is 0.261. The molecule has 108 valence electrons. The molecule has 2 aromatic heterocycles. The number of fused-ring (bicyclic) bond motifs is 2. The first-order valence-corrected chi connectivity index (χ1v) is 7.06. The number of aromatic amines is 1. The van der Waals surface area contributed by atoms with Crippen LogP contribution in [-0.4, -0.2) is 21.6 Å². The highest BCUT2D eigenvalue weighted by molar-refractivity contribution is 5.90. The molecule has 1 atom stereocenters. The van der Waals surface area contributed by atoms with E-state index in [0.717, 1.165) is 40.0 Å². The van der Waals surface area contributed by atoms with Crippen LogP contribution in [0.15, 0.2) is 36.8 Å². The molecule has 3 heterocycles. The largest absolute Gasteiger partial charge is 0.493 e. The number of benzene rings is 1. The highest BCUT2D eigenvalue weighted by Gasteiger charge is 2.22. The standard InChI is InChI=1S/C16H13N5O/c17-8-19-13-4-6-22-14-2-1-10(7-12(13)14)15-11-3-5-18-16(11)21-9-20-15/h1-3,5,7,9,13,19H,4,6H2,(H,18,20,21). The van der Waals surface area contributed by atoms with Gasteiger partial charge in [0.25, 0.3) is 0 Å². The second-order valence-corrected chi connectivity index (χ2v) is 5.16. The van der Waals surface area contributed by atoms with E-state index in [9.17, 15) is 0 Å². The lowest BCUT2D eigenvalue weighted by Crippen LogP contribution is -2.23. The number of hydrogen-bond donors (Lipinski definition) is 2. The van der Waals surface area contributed by atoms with Gasteiger partial charge >= 0.3 is 0 Å². The highest BCUT2D eigenvalue weighted by atomic mass is 16.5. The molecule has 1 unspecified atom stereocenters. The molecule has 2 N–H and O–H groups in total. The average molecular weight is 291 g/mol. The Balaban J connectivity index is 1.85. The maximum Gasteiger partial charge on any atom is 0.177 e. The van der Waals surface area contributed by atoms with Crippen molar-refractivity contribution in [2.75, 3.05) is 6.61 Å². The number of H-pyrrole nitrogens is 1. The highest BCUT2D eigenvalue weighted by Crippen LogP contribution is 2.36. The molecule has 0 fully saturated rings. The van der Waals surface area contributed by atoms with Crippen molar-refractivity contribution in [1.29, 1.82) is 5.26 Å². The smallest absolute Gasteiger partial charge is 0.177 e. The van der Waals surface area contributed by atoms with Crippen molar-refractivity contribution in [3.8, 4) is 23.2 Å². The second kappa shape index (κ2) is 5.04. The van der Waals surface area contributed by atoms with Crippen LogP contribution in [0, 0.1) is 11.5 Å². The third-order valence-corrected chi connectivity index (χ3v) is 3.92. The SMILES string of the molecule is N#CNC1CCOc2ccc(-c3ncnc4[nH]ccc34)cc21. The van der Waals surface area contributed by atoms with Crippen molar-refractivity contribution in [3.05, 3.63) is 42.4 Å². The van der Waals surface area contributed by atoms with E-state index in [-0.39, 0.29) is 6.04 Å². The maximum absolute atomic E-state index is 8.92. The van der Waals surface area contributed by atoms with Gasteiger partial charge in [-0.2, -0.15) is 5.26 Å². The zero-order chi connectivity index (χ0) is 14.9. The first kappa shape index (κ1) is 12.7. The van der Waals surface area contributed by atoms with Crippen LogP contribution in [0.25, 0.3) is 22.3 Å². The Morgan fingerprint density at radius 1 is 1.32 bits per heavy atom. The Hall–Kier alpha value is -3.07. The third-order valence-electron chi connectivity index (χ3n) is 3.92. The lowest BCUT2D eigenvalue weighted by atomic mass is 9.96. The van der Waals surface area contributed by atoms with E-state index in [1.807, 2.05) is 36.7 Å². The van der Waals surface area contributed by atoms with E-state index in [1.165, 1.54) is 0 Å². The minimum Gasteiger partial charge on any atom is -0.493 e. The molecule has 0 amide bonds. The van der Waals surface area contributed by atoms with Gasteiger partial charge < -0.3 is 15.0 Å². The summed E-state index contributed by atoms with van der Waals surface area (Å²) in [4.78, 5) is 11.7. The van der Waals surface area contributed by atoms with Gasteiger partial charge in [-0.1, -0.05) is 0 Å². The predicted molar refractivity (Wildman–Crippen MR) is 80.9 cm³/mol. The Morgan fingerprint density at radius 3 is 3.18 bits per heavy atom. The number of nitrogens with zero attached hydrogens (tertiary/aromatic N) is 3. The summed E-state index contributed by atoms with van der Waals surface area (Å²) in [5.74, 6) is 0.821. The molecule has 0 spiro atoms. The van der Waals surface area contributed by atoms with Gasteiger partial charge in [-0.3, -0.25) is 0 Å². The minimum atomic E-state index is -0.0164. The zero-order valence-corrected chi connectivity index (χ0v) is 11.7. The normalized spacial score (nSPS) is 16.6. The van der Waals surface area contributed by atoms with Crippen molar-refractivity contribution in [2.24, 2.45) is 0 Å². The fourth-order valence-corrected chi connectivity index (χ4v) is 2.87.